The van der Waals surface area contributed by atoms with E-state index < -0.39 is 0 Å². The second kappa shape index (κ2) is 13.3. The number of ketones is 1. The van der Waals surface area contributed by atoms with Crippen molar-refractivity contribution in [2.24, 2.45) is 11.8 Å². The molecule has 0 aromatic heterocycles. The predicted molar refractivity (Wildman–Crippen MR) is 141 cm³/mol. The van der Waals surface area contributed by atoms with Crippen LogP contribution in [0.5, 0.6) is 5.75 Å². The van der Waals surface area contributed by atoms with Gasteiger partial charge in [-0.2, -0.15) is 0 Å². The van der Waals surface area contributed by atoms with E-state index in [0.29, 0.717) is 29.9 Å². The average molecular weight is 453 g/mol. The minimum Gasteiger partial charge on any atom is -0.508 e. The maximum atomic E-state index is 11.2. The third kappa shape index (κ3) is 9.55. The molecule has 2 N–H and O–H groups in total. The first-order chi connectivity index (χ1) is 15.3. The fourth-order valence-corrected chi connectivity index (χ4v) is 3.68. The molecule has 2 aliphatic rings. The summed E-state index contributed by atoms with van der Waals surface area (Å²) in [5.74, 6) is 2.06. The van der Waals surface area contributed by atoms with Crippen molar-refractivity contribution in [1.82, 2.24) is 0 Å². The molecule has 1 aromatic carbocycles. The van der Waals surface area contributed by atoms with E-state index in [1.165, 1.54) is 11.1 Å². The highest BCUT2D eigenvalue weighted by atomic mass is 16.3. The third-order valence-corrected chi connectivity index (χ3v) is 6.63. The van der Waals surface area contributed by atoms with Gasteiger partial charge in [-0.3, -0.25) is 4.79 Å². The van der Waals surface area contributed by atoms with Gasteiger partial charge in [0.15, 0.2) is 5.78 Å². The first kappa shape index (κ1) is 28.6. The summed E-state index contributed by atoms with van der Waals surface area (Å²) in [6, 6.07) is 5.84. The zero-order valence-corrected chi connectivity index (χ0v) is 21.7. The van der Waals surface area contributed by atoms with Gasteiger partial charge in [0, 0.05) is 6.42 Å². The molecule has 3 atom stereocenters. The smallest absolute Gasteiger partial charge is 0.158 e. The molecule has 3 unspecified atom stereocenters. The van der Waals surface area contributed by atoms with Gasteiger partial charge in [0.2, 0.25) is 0 Å². The standard InChI is InChI=1S/C10H16O.2C10H14O/c3*1-7(2)9-5-4-8(3)10(11)6-9/h4,9-11H,1,5-6H2,2-3H3;4-7,11H,1-3H3;4,9H,1,5-6H2,2-3H3. The Kier molecular flexibility index (Phi) is 11.6. The number of aryl methyl sites for hydroxylation is 1. The first-order valence-corrected chi connectivity index (χ1v) is 12.0. The van der Waals surface area contributed by atoms with Crippen LogP contribution >= 0.6 is 0 Å². The van der Waals surface area contributed by atoms with E-state index in [2.05, 4.69) is 39.1 Å². The van der Waals surface area contributed by atoms with E-state index in [0.717, 1.165) is 41.5 Å². The number of carbonyl (C=O) groups excluding carboxylic acids is 1. The normalized spacial score (nSPS) is 22.2. The highest BCUT2D eigenvalue weighted by molar-refractivity contribution is 5.95. The number of carbonyl (C=O) groups is 1. The number of phenolic OH excluding ortho intramolecular Hbond substituents is 1. The molecule has 0 fully saturated rings. The molecule has 1 aromatic rings. The zero-order valence-electron chi connectivity index (χ0n) is 21.7. The Morgan fingerprint density at radius 3 is 2.03 bits per heavy atom. The molecule has 3 rings (SSSR count). The Bertz CT molecular complexity index is 901. The van der Waals surface area contributed by atoms with Gasteiger partial charge in [-0.05, 0) is 100.0 Å². The maximum absolute atomic E-state index is 11.2. The number of Topliss-reactive ketones (excluding diaryl/α,β-unsaturated/α-hetero) is 1. The van der Waals surface area contributed by atoms with E-state index >= 15 is 0 Å². The Balaban J connectivity index is 0.000000247. The number of rotatable bonds is 3. The molecule has 0 saturated heterocycles. The quantitative estimate of drug-likeness (QED) is 0.464. The van der Waals surface area contributed by atoms with Crippen molar-refractivity contribution < 1.29 is 15.0 Å². The minimum atomic E-state index is -0.231. The van der Waals surface area contributed by atoms with E-state index in [4.69, 9.17) is 0 Å². The molecule has 0 amide bonds. The number of allylic oxidation sites excluding steroid dienone is 5. The number of benzene rings is 1. The summed E-state index contributed by atoms with van der Waals surface area (Å²) < 4.78 is 0. The Morgan fingerprint density at radius 2 is 1.58 bits per heavy atom. The number of aliphatic hydroxyl groups is 1. The summed E-state index contributed by atoms with van der Waals surface area (Å²) in [4.78, 5) is 11.2. The Morgan fingerprint density at radius 1 is 1.00 bits per heavy atom. The molecule has 33 heavy (non-hydrogen) atoms. The van der Waals surface area contributed by atoms with Gasteiger partial charge >= 0.3 is 0 Å². The van der Waals surface area contributed by atoms with Crippen LogP contribution in [-0.2, 0) is 4.79 Å². The van der Waals surface area contributed by atoms with Crippen molar-refractivity contribution in [1.29, 1.82) is 0 Å². The van der Waals surface area contributed by atoms with Crippen molar-refractivity contribution in [3.8, 4) is 5.75 Å². The second-order valence-electron chi connectivity index (χ2n) is 9.97. The molecule has 3 nitrogen and oxygen atoms in total. The fraction of sp³-hybridized carbons (Fsp3) is 0.500. The summed E-state index contributed by atoms with van der Waals surface area (Å²) in [5, 5.41) is 18.8. The molecule has 0 aliphatic heterocycles. The summed E-state index contributed by atoms with van der Waals surface area (Å²) in [5.41, 5.74) is 6.47. The number of aliphatic hydroxyl groups excluding tert-OH is 1. The first-order valence-electron chi connectivity index (χ1n) is 12.0. The van der Waals surface area contributed by atoms with Crippen LogP contribution in [0.3, 0.4) is 0 Å². The molecular formula is C30H44O3. The molecule has 0 saturated carbocycles. The minimum absolute atomic E-state index is 0.231. The Labute approximate surface area is 201 Å². The van der Waals surface area contributed by atoms with Gasteiger partial charge in [0.25, 0.3) is 0 Å². The van der Waals surface area contributed by atoms with Crippen LogP contribution in [0.25, 0.3) is 0 Å². The monoisotopic (exact) mass is 452 g/mol. The molecular weight excluding hydrogens is 408 g/mol. The van der Waals surface area contributed by atoms with Crippen LogP contribution in [-0.4, -0.2) is 22.1 Å². The fourth-order valence-electron chi connectivity index (χ4n) is 3.68. The van der Waals surface area contributed by atoms with E-state index in [-0.39, 0.29) is 11.9 Å². The number of hydrogen-bond acceptors (Lipinski definition) is 3. The number of phenols is 1. The van der Waals surface area contributed by atoms with Gasteiger partial charge in [0.05, 0.1) is 6.10 Å². The van der Waals surface area contributed by atoms with Gasteiger partial charge in [-0.25, -0.2) is 0 Å². The molecule has 0 heterocycles. The van der Waals surface area contributed by atoms with Gasteiger partial charge < -0.3 is 10.2 Å². The summed E-state index contributed by atoms with van der Waals surface area (Å²) in [6.45, 7) is 21.8. The van der Waals surface area contributed by atoms with Crippen LogP contribution in [0.2, 0.25) is 0 Å². The van der Waals surface area contributed by atoms with Crippen LogP contribution in [0.15, 0.2) is 65.8 Å². The molecule has 3 heteroatoms. The van der Waals surface area contributed by atoms with E-state index in [9.17, 15) is 15.0 Å². The van der Waals surface area contributed by atoms with Crippen molar-refractivity contribution in [2.45, 2.75) is 86.2 Å². The van der Waals surface area contributed by atoms with Crippen molar-refractivity contribution in [3.05, 3.63) is 76.9 Å². The summed E-state index contributed by atoms with van der Waals surface area (Å²) >= 11 is 0. The molecule has 2 aliphatic carbocycles. The molecule has 182 valence electrons. The van der Waals surface area contributed by atoms with Crippen LogP contribution < -0.4 is 0 Å². The van der Waals surface area contributed by atoms with E-state index in [1.807, 2.05) is 52.8 Å². The highest BCUT2D eigenvalue weighted by Gasteiger charge is 2.20. The lowest BCUT2D eigenvalue weighted by atomic mass is 9.84. The molecule has 0 radical (unpaired) electrons. The number of hydrogen-bond donors (Lipinski definition) is 2. The van der Waals surface area contributed by atoms with Gasteiger partial charge in [0.1, 0.15) is 5.75 Å². The highest BCUT2D eigenvalue weighted by Crippen LogP contribution is 2.28. The van der Waals surface area contributed by atoms with Crippen molar-refractivity contribution in [3.63, 3.8) is 0 Å². The number of aromatic hydroxyl groups is 1. The van der Waals surface area contributed by atoms with Gasteiger partial charge in [-0.15, -0.1) is 0 Å². The largest absolute Gasteiger partial charge is 0.508 e. The summed E-state index contributed by atoms with van der Waals surface area (Å²) in [7, 11) is 0. The Hall–Kier alpha value is -2.39. The lowest BCUT2D eigenvalue weighted by Crippen LogP contribution is -2.19. The van der Waals surface area contributed by atoms with E-state index in [1.54, 1.807) is 0 Å². The molecule has 0 bridgehead atoms. The van der Waals surface area contributed by atoms with Gasteiger partial charge in [-0.1, -0.05) is 62.4 Å². The topological polar surface area (TPSA) is 57.5 Å². The SMILES string of the molecule is C=C(C)C1CC=C(C)C(=O)C1.C=C(C)C1CC=C(C)C(O)C1.Cc1ccc(C(C)C)cc1O. The zero-order chi connectivity index (χ0) is 25.3. The predicted octanol–water partition coefficient (Wildman–Crippen LogP) is 7.59. The van der Waals surface area contributed by atoms with Crippen LogP contribution in [0, 0.1) is 18.8 Å². The lowest BCUT2D eigenvalue weighted by Gasteiger charge is -2.24. The summed E-state index contributed by atoms with van der Waals surface area (Å²) in [6.07, 6.45) is 7.48. The maximum Gasteiger partial charge on any atom is 0.158 e. The lowest BCUT2D eigenvalue weighted by molar-refractivity contribution is -0.116. The van der Waals surface area contributed by atoms with Crippen LogP contribution in [0.4, 0.5) is 0 Å². The van der Waals surface area contributed by atoms with Crippen molar-refractivity contribution in [2.75, 3.05) is 0 Å². The second-order valence-corrected chi connectivity index (χ2v) is 9.97. The van der Waals surface area contributed by atoms with Crippen molar-refractivity contribution >= 4 is 5.78 Å². The third-order valence-electron chi connectivity index (χ3n) is 6.63. The van der Waals surface area contributed by atoms with Crippen LogP contribution in [0.1, 0.15) is 84.3 Å². The molecule has 0 spiro atoms. The average Bonchev–Trinajstić information content (AvgIpc) is 2.74.